The fourth-order valence-corrected chi connectivity index (χ4v) is 7.40. The fourth-order valence-electron chi connectivity index (χ4n) is 6.28. The van der Waals surface area contributed by atoms with E-state index in [1.807, 2.05) is 29.3 Å². The van der Waals surface area contributed by atoms with Crippen LogP contribution in [0.15, 0.2) is 58.4 Å². The largest absolute Gasteiger partial charge is 0.514 e. The van der Waals surface area contributed by atoms with Gasteiger partial charge in [-0.05, 0) is 42.0 Å². The zero-order valence-electron chi connectivity index (χ0n) is 23.6. The highest BCUT2D eigenvalue weighted by atomic mass is 32.2. The predicted molar refractivity (Wildman–Crippen MR) is 154 cm³/mol. The van der Waals surface area contributed by atoms with Crippen LogP contribution in [-0.4, -0.2) is 67.4 Å². The number of nitrogens with zero attached hydrogens (tertiary/aromatic N) is 3. The molecule has 3 aromatic rings. The Hall–Kier alpha value is -3.94. The van der Waals surface area contributed by atoms with E-state index in [0.717, 1.165) is 29.4 Å². The van der Waals surface area contributed by atoms with Gasteiger partial charge in [0.15, 0.2) is 17.3 Å². The monoisotopic (exact) mass is 625 g/mol. The van der Waals surface area contributed by atoms with Crippen LogP contribution in [0.25, 0.3) is 0 Å². The second kappa shape index (κ2) is 11.9. The van der Waals surface area contributed by atoms with Crippen LogP contribution in [-0.2, 0) is 20.0 Å². The average molecular weight is 626 g/mol. The number of amides is 1. The van der Waals surface area contributed by atoms with Crippen LogP contribution in [0.3, 0.4) is 0 Å². The molecule has 44 heavy (non-hydrogen) atoms. The summed E-state index contributed by atoms with van der Waals surface area (Å²) in [5.41, 5.74) is 0.656. The van der Waals surface area contributed by atoms with Gasteiger partial charge in [-0.15, -0.1) is 11.8 Å². The van der Waals surface area contributed by atoms with Gasteiger partial charge in [-0.25, -0.2) is 13.6 Å². The zero-order chi connectivity index (χ0) is 30.4. The van der Waals surface area contributed by atoms with Gasteiger partial charge in [0.1, 0.15) is 6.17 Å². The maximum absolute atomic E-state index is 15.4. The number of benzene rings is 2. The van der Waals surface area contributed by atoms with Gasteiger partial charge in [0.2, 0.25) is 11.2 Å². The lowest BCUT2D eigenvalue weighted by molar-refractivity contribution is -0.0199. The SMILES string of the molecule is O=C(OCC1CCOCC1)Oc1c2n(ccc1=O)N([C@@H]1c3ccccc3SCc3c1ccc(F)c3F)[C@@H]1COCCN1C2=O. The Morgan fingerprint density at radius 2 is 1.82 bits per heavy atom. The van der Waals surface area contributed by atoms with E-state index in [0.29, 0.717) is 18.8 Å². The van der Waals surface area contributed by atoms with Crippen LogP contribution in [0, 0.1) is 17.6 Å². The van der Waals surface area contributed by atoms with Crippen molar-refractivity contribution in [3.63, 3.8) is 0 Å². The molecule has 13 heteroatoms. The molecule has 4 aliphatic rings. The molecule has 2 atom stereocenters. The number of hydrogen-bond acceptors (Lipinski definition) is 9. The number of pyridine rings is 1. The Balaban J connectivity index is 1.35. The molecule has 1 amide bonds. The Bertz CT molecular complexity index is 1680. The highest BCUT2D eigenvalue weighted by molar-refractivity contribution is 7.98. The second-order valence-corrected chi connectivity index (χ2v) is 12.0. The van der Waals surface area contributed by atoms with Crippen molar-refractivity contribution >= 4 is 23.8 Å². The Morgan fingerprint density at radius 3 is 2.66 bits per heavy atom. The highest BCUT2D eigenvalue weighted by Gasteiger charge is 2.46. The quantitative estimate of drug-likeness (QED) is 0.395. The molecule has 2 saturated heterocycles. The first-order chi connectivity index (χ1) is 21.4. The summed E-state index contributed by atoms with van der Waals surface area (Å²) in [6, 6.07) is 10.7. The fraction of sp³-hybridized carbons (Fsp3) is 0.387. The third kappa shape index (κ3) is 5.02. The molecule has 0 aliphatic carbocycles. The summed E-state index contributed by atoms with van der Waals surface area (Å²) in [6.45, 7) is 1.81. The smallest absolute Gasteiger partial charge is 0.434 e. The third-order valence-electron chi connectivity index (χ3n) is 8.50. The predicted octanol–water partition coefficient (Wildman–Crippen LogP) is 4.21. The highest BCUT2D eigenvalue weighted by Crippen LogP contribution is 2.45. The van der Waals surface area contributed by atoms with Gasteiger partial charge in [0.25, 0.3) is 5.91 Å². The van der Waals surface area contributed by atoms with Crippen molar-refractivity contribution in [3.05, 3.63) is 92.9 Å². The number of fused-ring (bicyclic) bond motifs is 4. The van der Waals surface area contributed by atoms with Gasteiger partial charge in [0, 0.05) is 48.2 Å². The minimum Gasteiger partial charge on any atom is -0.434 e. The molecule has 230 valence electrons. The van der Waals surface area contributed by atoms with Gasteiger partial charge in [-0.2, -0.15) is 0 Å². The number of carbonyl (C=O) groups excluding carboxylic acids is 2. The number of morpholine rings is 1. The first-order valence-corrected chi connectivity index (χ1v) is 15.4. The van der Waals surface area contributed by atoms with E-state index in [-0.39, 0.29) is 49.3 Å². The first-order valence-electron chi connectivity index (χ1n) is 14.5. The van der Waals surface area contributed by atoms with Crippen LogP contribution in [0.1, 0.15) is 46.1 Å². The summed E-state index contributed by atoms with van der Waals surface area (Å²) in [5, 5.41) is 1.82. The molecule has 1 aromatic heterocycles. The third-order valence-corrected chi connectivity index (χ3v) is 9.61. The van der Waals surface area contributed by atoms with Crippen molar-refractivity contribution in [1.82, 2.24) is 9.58 Å². The van der Waals surface area contributed by atoms with Crippen molar-refractivity contribution in [2.24, 2.45) is 5.92 Å². The molecule has 10 nitrogen and oxygen atoms in total. The Kier molecular flexibility index (Phi) is 7.77. The average Bonchev–Trinajstić information content (AvgIpc) is 3.21. The molecule has 0 unspecified atom stereocenters. The molecule has 7 rings (SSSR count). The lowest BCUT2D eigenvalue weighted by Gasteiger charge is -2.51. The van der Waals surface area contributed by atoms with E-state index in [4.69, 9.17) is 18.9 Å². The summed E-state index contributed by atoms with van der Waals surface area (Å²) in [7, 11) is 0. The molecular formula is C31H29F2N3O7S. The molecular weight excluding hydrogens is 596 g/mol. The molecule has 0 saturated carbocycles. The lowest BCUT2D eigenvalue weighted by atomic mass is 9.93. The maximum atomic E-state index is 15.4. The minimum atomic E-state index is -1.09. The van der Waals surface area contributed by atoms with Crippen molar-refractivity contribution in [3.8, 4) is 5.75 Å². The van der Waals surface area contributed by atoms with Crippen LogP contribution < -0.4 is 15.2 Å². The van der Waals surface area contributed by atoms with Crippen molar-refractivity contribution < 1.29 is 37.3 Å². The number of hydrogen-bond donors (Lipinski definition) is 0. The second-order valence-electron chi connectivity index (χ2n) is 11.0. The number of rotatable bonds is 4. The summed E-state index contributed by atoms with van der Waals surface area (Å²) >= 11 is 1.39. The zero-order valence-corrected chi connectivity index (χ0v) is 24.4. The van der Waals surface area contributed by atoms with Gasteiger partial charge in [-0.3, -0.25) is 19.3 Å². The van der Waals surface area contributed by atoms with Crippen LogP contribution in [0.4, 0.5) is 13.6 Å². The Labute approximate surface area is 255 Å². The van der Waals surface area contributed by atoms with Crippen LogP contribution in [0.2, 0.25) is 0 Å². The van der Waals surface area contributed by atoms with Gasteiger partial charge in [-0.1, -0.05) is 24.3 Å². The molecule has 0 radical (unpaired) electrons. The summed E-state index contributed by atoms with van der Waals surface area (Å²) < 4.78 is 53.3. The topological polar surface area (TPSA) is 99.5 Å². The lowest BCUT2D eigenvalue weighted by Crippen LogP contribution is -2.66. The van der Waals surface area contributed by atoms with E-state index in [9.17, 15) is 18.8 Å². The van der Waals surface area contributed by atoms with Crippen molar-refractivity contribution in [2.75, 3.05) is 44.6 Å². The normalized spacial score (nSPS) is 21.5. The van der Waals surface area contributed by atoms with Gasteiger partial charge < -0.3 is 23.8 Å². The first kappa shape index (κ1) is 28.8. The molecule has 5 heterocycles. The number of ether oxygens (including phenoxy) is 4. The minimum absolute atomic E-state index is 0.0968. The Morgan fingerprint density at radius 1 is 1.00 bits per heavy atom. The molecule has 4 aliphatic heterocycles. The summed E-state index contributed by atoms with van der Waals surface area (Å²) in [4.78, 5) is 42.5. The molecule has 0 bridgehead atoms. The van der Waals surface area contributed by atoms with E-state index < -0.39 is 47.1 Å². The van der Waals surface area contributed by atoms with Crippen molar-refractivity contribution in [2.45, 2.75) is 35.7 Å². The van der Waals surface area contributed by atoms with E-state index in [1.54, 1.807) is 11.0 Å². The van der Waals surface area contributed by atoms with Crippen LogP contribution >= 0.6 is 11.8 Å². The van der Waals surface area contributed by atoms with Gasteiger partial charge in [0.05, 0.1) is 25.9 Å². The number of aromatic nitrogens is 1. The standard InChI is InChI=1S/C31H29F2N3O7S/c32-22-6-5-19-21(26(22)33)17-44-24-4-2-1-3-20(24)27(19)36-25-16-41-14-11-34(25)30(38)28-29(23(37)7-10-35(28)36)43-31(39)42-15-18-8-12-40-13-9-18/h1-7,10,18,25,27H,8-9,11-17H2/t25-,27+/m1/s1. The maximum Gasteiger partial charge on any atom is 0.514 e. The molecule has 0 spiro atoms. The summed E-state index contributed by atoms with van der Waals surface area (Å²) in [6.07, 6.45) is 1.12. The molecule has 0 N–H and O–H groups in total. The summed E-state index contributed by atoms with van der Waals surface area (Å²) in [5.74, 6) is -2.59. The van der Waals surface area contributed by atoms with E-state index in [2.05, 4.69) is 0 Å². The van der Waals surface area contributed by atoms with Gasteiger partial charge >= 0.3 is 6.16 Å². The van der Waals surface area contributed by atoms with E-state index >= 15 is 4.39 Å². The number of carbonyl (C=O) groups is 2. The van der Waals surface area contributed by atoms with E-state index in [1.165, 1.54) is 28.7 Å². The number of thioether (sulfide) groups is 1. The number of halogens is 2. The molecule has 2 fully saturated rings. The molecule has 2 aromatic carbocycles. The van der Waals surface area contributed by atoms with Crippen molar-refractivity contribution in [1.29, 1.82) is 0 Å². The van der Waals surface area contributed by atoms with Crippen LogP contribution in [0.5, 0.6) is 5.75 Å².